The first-order chi connectivity index (χ1) is 7.31. The second-order valence-electron chi connectivity index (χ2n) is 4.75. The van der Waals surface area contributed by atoms with Crippen molar-refractivity contribution >= 4 is 11.8 Å². The lowest BCUT2D eigenvalue weighted by atomic mass is 10.1. The van der Waals surface area contributed by atoms with Gasteiger partial charge in [-0.25, -0.2) is 0 Å². The van der Waals surface area contributed by atoms with Crippen LogP contribution in [0.3, 0.4) is 0 Å². The number of thioether (sulfide) groups is 1. The third kappa shape index (κ3) is 1.85. The van der Waals surface area contributed by atoms with E-state index in [1.165, 1.54) is 23.3 Å². The van der Waals surface area contributed by atoms with Crippen molar-refractivity contribution in [2.45, 2.75) is 29.9 Å². The number of aryl methyl sites for hydroxylation is 1. The van der Waals surface area contributed by atoms with Crippen LogP contribution in [-0.2, 0) is 0 Å². The van der Waals surface area contributed by atoms with Crippen molar-refractivity contribution in [3.63, 3.8) is 0 Å². The molecule has 15 heavy (non-hydrogen) atoms. The van der Waals surface area contributed by atoms with E-state index in [-0.39, 0.29) is 0 Å². The lowest BCUT2D eigenvalue weighted by Crippen LogP contribution is -2.08. The van der Waals surface area contributed by atoms with Crippen molar-refractivity contribution in [2.24, 2.45) is 11.8 Å². The Balaban J connectivity index is 1.71. The normalized spacial score (nSPS) is 32.5. The van der Waals surface area contributed by atoms with Crippen molar-refractivity contribution in [1.82, 2.24) is 0 Å². The molecule has 2 aliphatic rings. The van der Waals surface area contributed by atoms with Crippen molar-refractivity contribution in [3.05, 3.63) is 42.0 Å². The maximum atomic E-state index is 2.43. The van der Waals surface area contributed by atoms with Crippen LogP contribution in [0, 0.1) is 18.8 Å². The first-order valence-electron chi connectivity index (χ1n) is 5.73. The zero-order valence-electron chi connectivity index (χ0n) is 9.02. The topological polar surface area (TPSA) is 0 Å². The predicted octanol–water partition coefficient (Wildman–Crippen LogP) is 4.05. The maximum Gasteiger partial charge on any atom is 0.0163 e. The number of benzene rings is 1. The molecule has 78 valence electrons. The number of hydrogen-bond donors (Lipinski definition) is 0. The first kappa shape index (κ1) is 9.53. The summed E-state index contributed by atoms with van der Waals surface area (Å²) in [5.74, 6) is 1.74. The van der Waals surface area contributed by atoms with Crippen LogP contribution < -0.4 is 0 Å². The van der Waals surface area contributed by atoms with Gasteiger partial charge in [0.25, 0.3) is 0 Å². The predicted molar refractivity (Wildman–Crippen MR) is 66.2 cm³/mol. The monoisotopic (exact) mass is 216 g/mol. The molecule has 0 heterocycles. The molecule has 2 aliphatic carbocycles. The van der Waals surface area contributed by atoms with Crippen LogP contribution in [-0.4, -0.2) is 5.25 Å². The highest BCUT2D eigenvalue weighted by Crippen LogP contribution is 2.46. The highest BCUT2D eigenvalue weighted by atomic mass is 32.2. The van der Waals surface area contributed by atoms with Crippen LogP contribution in [0.2, 0.25) is 0 Å². The largest absolute Gasteiger partial charge is 0.122 e. The third-order valence-corrected chi connectivity index (χ3v) is 4.92. The summed E-state index contributed by atoms with van der Waals surface area (Å²) < 4.78 is 0. The molecule has 0 saturated heterocycles. The molecule has 2 bridgehead atoms. The number of rotatable bonds is 2. The van der Waals surface area contributed by atoms with Gasteiger partial charge in [-0.3, -0.25) is 0 Å². The van der Waals surface area contributed by atoms with Crippen LogP contribution in [0.1, 0.15) is 18.4 Å². The molecule has 0 aromatic heterocycles. The Morgan fingerprint density at radius 3 is 2.47 bits per heavy atom. The molecule has 1 aromatic rings. The summed E-state index contributed by atoms with van der Waals surface area (Å²) in [5.41, 5.74) is 1.35. The summed E-state index contributed by atoms with van der Waals surface area (Å²) in [6.45, 7) is 2.15. The fraction of sp³-hybridized carbons (Fsp3) is 0.429. The van der Waals surface area contributed by atoms with E-state index in [1.54, 1.807) is 0 Å². The minimum atomic E-state index is 0.836. The van der Waals surface area contributed by atoms with E-state index in [4.69, 9.17) is 0 Å². The number of hydrogen-bond acceptors (Lipinski definition) is 1. The third-order valence-electron chi connectivity index (χ3n) is 3.53. The molecule has 0 spiro atoms. The molecule has 0 N–H and O–H groups in total. The standard InChI is InChI=1S/C14H16S/c1-10-2-6-13(7-3-10)15-14-9-11-4-5-12(14)8-11/h2-7,11-12,14H,8-9H2,1H3/t11-,12+,14+/m1/s1. The lowest BCUT2D eigenvalue weighted by molar-refractivity contribution is 0.692. The molecule has 0 amide bonds. The van der Waals surface area contributed by atoms with Gasteiger partial charge in [-0.1, -0.05) is 29.8 Å². The second kappa shape index (κ2) is 3.71. The molecule has 0 radical (unpaired) electrons. The van der Waals surface area contributed by atoms with Crippen molar-refractivity contribution in [1.29, 1.82) is 0 Å². The van der Waals surface area contributed by atoms with Crippen molar-refractivity contribution in [2.75, 3.05) is 0 Å². The fourth-order valence-electron chi connectivity index (χ4n) is 2.66. The molecular formula is C14H16S. The molecule has 1 fully saturated rings. The van der Waals surface area contributed by atoms with Gasteiger partial charge in [-0.05, 0) is 43.7 Å². The van der Waals surface area contributed by atoms with E-state index < -0.39 is 0 Å². The molecular weight excluding hydrogens is 200 g/mol. The smallest absolute Gasteiger partial charge is 0.0163 e. The van der Waals surface area contributed by atoms with Gasteiger partial charge in [0.05, 0.1) is 0 Å². The van der Waals surface area contributed by atoms with Gasteiger partial charge in [0.15, 0.2) is 0 Å². The van der Waals surface area contributed by atoms with Gasteiger partial charge in [-0.2, -0.15) is 0 Å². The highest BCUT2D eigenvalue weighted by Gasteiger charge is 2.35. The van der Waals surface area contributed by atoms with Crippen LogP contribution in [0.4, 0.5) is 0 Å². The lowest BCUT2D eigenvalue weighted by Gasteiger charge is -2.17. The average Bonchev–Trinajstić information content (AvgIpc) is 2.83. The Labute approximate surface area is 95.8 Å². The molecule has 1 heteroatoms. The summed E-state index contributed by atoms with van der Waals surface area (Å²) >= 11 is 2.07. The summed E-state index contributed by atoms with van der Waals surface area (Å²) in [4.78, 5) is 1.44. The van der Waals surface area contributed by atoms with Crippen molar-refractivity contribution < 1.29 is 0 Å². The van der Waals surface area contributed by atoms with E-state index in [1.807, 2.05) is 0 Å². The van der Waals surface area contributed by atoms with E-state index in [2.05, 4.69) is 55.1 Å². The Morgan fingerprint density at radius 1 is 1.07 bits per heavy atom. The number of fused-ring (bicyclic) bond motifs is 2. The van der Waals surface area contributed by atoms with Gasteiger partial charge in [0, 0.05) is 10.1 Å². The van der Waals surface area contributed by atoms with Crippen LogP contribution in [0.25, 0.3) is 0 Å². The Morgan fingerprint density at radius 2 is 1.87 bits per heavy atom. The molecule has 0 aliphatic heterocycles. The summed E-state index contributed by atoms with van der Waals surface area (Å²) in [6.07, 6.45) is 7.64. The molecule has 0 unspecified atom stereocenters. The quantitative estimate of drug-likeness (QED) is 0.672. The summed E-state index contributed by atoms with van der Waals surface area (Å²) in [6, 6.07) is 8.95. The van der Waals surface area contributed by atoms with Crippen LogP contribution in [0.5, 0.6) is 0 Å². The summed E-state index contributed by atoms with van der Waals surface area (Å²) in [7, 11) is 0. The van der Waals surface area contributed by atoms with Gasteiger partial charge in [0.2, 0.25) is 0 Å². The van der Waals surface area contributed by atoms with E-state index >= 15 is 0 Å². The molecule has 3 rings (SSSR count). The summed E-state index contributed by atoms with van der Waals surface area (Å²) in [5, 5.41) is 0.836. The fourth-order valence-corrected chi connectivity index (χ4v) is 4.02. The van der Waals surface area contributed by atoms with Gasteiger partial charge >= 0.3 is 0 Å². The van der Waals surface area contributed by atoms with Crippen LogP contribution >= 0.6 is 11.8 Å². The number of allylic oxidation sites excluding steroid dienone is 2. The zero-order valence-corrected chi connectivity index (χ0v) is 9.84. The molecule has 0 nitrogen and oxygen atoms in total. The first-order valence-corrected chi connectivity index (χ1v) is 6.61. The molecule has 1 aromatic carbocycles. The Kier molecular flexibility index (Phi) is 2.36. The van der Waals surface area contributed by atoms with Gasteiger partial charge in [-0.15, -0.1) is 11.8 Å². The van der Waals surface area contributed by atoms with E-state index in [9.17, 15) is 0 Å². The Hall–Kier alpha value is -0.690. The zero-order chi connectivity index (χ0) is 10.3. The van der Waals surface area contributed by atoms with Gasteiger partial charge < -0.3 is 0 Å². The maximum absolute atomic E-state index is 2.43. The van der Waals surface area contributed by atoms with Crippen LogP contribution in [0.15, 0.2) is 41.3 Å². The molecule has 1 saturated carbocycles. The molecule has 3 atom stereocenters. The minimum Gasteiger partial charge on any atom is -0.122 e. The second-order valence-corrected chi connectivity index (χ2v) is 6.06. The Bertz CT molecular complexity index is 377. The highest BCUT2D eigenvalue weighted by molar-refractivity contribution is 8.00. The van der Waals surface area contributed by atoms with E-state index in [0.29, 0.717) is 0 Å². The average molecular weight is 216 g/mol. The van der Waals surface area contributed by atoms with E-state index in [0.717, 1.165) is 17.1 Å². The minimum absolute atomic E-state index is 0.836. The van der Waals surface area contributed by atoms with Crippen molar-refractivity contribution in [3.8, 4) is 0 Å². The SMILES string of the molecule is Cc1ccc(S[C@H]2C[C@@H]3C=C[C@H]2C3)cc1. The van der Waals surface area contributed by atoms with Gasteiger partial charge in [0.1, 0.15) is 0 Å².